The highest BCUT2D eigenvalue weighted by atomic mass is 31.2. The lowest BCUT2D eigenvalue weighted by molar-refractivity contribution is -0.385. The molecule has 0 aliphatic rings. The van der Waals surface area contributed by atoms with Crippen LogP contribution in [-0.2, 0) is 6.16 Å². The Morgan fingerprint density at radius 2 is 1.12 bits per heavy atom. The maximum atomic E-state index is 14.9. The average Bonchev–Trinajstić information content (AvgIpc) is 2.86. The number of nitrogens with zero attached hydrogens (tertiary/aromatic N) is 1. The zero-order valence-corrected chi connectivity index (χ0v) is 19.1. The lowest BCUT2D eigenvalue weighted by Gasteiger charge is -2.27. The maximum absolute atomic E-state index is 14.9. The van der Waals surface area contributed by atoms with Crippen LogP contribution in [0.2, 0.25) is 0 Å². The third-order valence-corrected chi connectivity index (χ3v) is 9.59. The van der Waals surface area contributed by atoms with Crippen molar-refractivity contribution in [3.8, 4) is 0 Å². The number of halogens is 1. The van der Waals surface area contributed by atoms with Gasteiger partial charge in [0.05, 0.1) is 4.92 Å². The molecule has 162 valence electrons. The van der Waals surface area contributed by atoms with Gasteiger partial charge in [0.25, 0.3) is 5.69 Å². The predicted molar refractivity (Wildman–Crippen MR) is 133 cm³/mol. The fourth-order valence-electron chi connectivity index (χ4n) is 3.82. The minimum atomic E-state index is -2.31. The minimum Gasteiger partial charge on any atom is -0.258 e. The van der Waals surface area contributed by atoms with Crippen molar-refractivity contribution in [3.05, 3.63) is 131 Å². The first-order valence-corrected chi connectivity index (χ1v) is 12.6. The molecule has 4 aromatic rings. The highest BCUT2D eigenvalue weighted by Crippen LogP contribution is 2.58. The van der Waals surface area contributed by atoms with Crippen LogP contribution >= 0.6 is 7.26 Å². The summed E-state index contributed by atoms with van der Waals surface area (Å²) in [5.41, 5.74) is 0.257. The van der Waals surface area contributed by atoms with Gasteiger partial charge in [-0.3, -0.25) is 10.1 Å². The van der Waals surface area contributed by atoms with Crippen molar-refractivity contribution in [2.75, 3.05) is 0 Å². The number of nitro benzene ring substituents is 1. The van der Waals surface area contributed by atoms with E-state index in [1.54, 1.807) is 0 Å². The van der Waals surface area contributed by atoms with Gasteiger partial charge < -0.3 is 0 Å². The number of nitro groups is 1. The van der Waals surface area contributed by atoms with Crippen molar-refractivity contribution >= 4 is 28.9 Å². The van der Waals surface area contributed by atoms with Crippen LogP contribution in [0.3, 0.4) is 0 Å². The molecule has 32 heavy (non-hydrogen) atoms. The highest BCUT2D eigenvalue weighted by Gasteiger charge is 2.46. The smallest absolute Gasteiger partial charge is 0.258 e. The van der Waals surface area contributed by atoms with E-state index in [0.29, 0.717) is 11.7 Å². The predicted octanol–water partition coefficient (Wildman–Crippen LogP) is 6.25. The van der Waals surface area contributed by atoms with E-state index in [2.05, 4.69) is 36.4 Å². The Bertz CT molecular complexity index is 1060. The van der Waals surface area contributed by atoms with Crippen LogP contribution in [0.4, 0.5) is 10.1 Å². The molecule has 0 fully saturated rings. The Labute approximate surface area is 189 Å². The van der Waals surface area contributed by atoms with Crippen molar-refractivity contribution in [2.24, 2.45) is 0 Å². The topological polar surface area (TPSA) is 43.1 Å². The van der Waals surface area contributed by atoms with Gasteiger partial charge in [-0.2, -0.15) is 0 Å². The third-order valence-electron chi connectivity index (χ3n) is 5.24. The van der Waals surface area contributed by atoms with Gasteiger partial charge in [-0.15, -0.1) is 0 Å². The van der Waals surface area contributed by atoms with Gasteiger partial charge in [0.1, 0.15) is 35.2 Å². The summed E-state index contributed by atoms with van der Waals surface area (Å²) in [6.45, 7) is 4.00. The molecule has 0 heterocycles. The Kier molecular flexibility index (Phi) is 7.86. The third kappa shape index (κ3) is 4.76. The fraction of sp³-hybridized carbons (Fsp3) is 0.111. The number of hydrogen-bond donors (Lipinski definition) is 0. The molecule has 0 bridgehead atoms. The zero-order chi connectivity index (χ0) is 23.0. The van der Waals surface area contributed by atoms with Crippen LogP contribution < -0.4 is 15.9 Å². The van der Waals surface area contributed by atoms with Crippen LogP contribution in [0.25, 0.3) is 0 Å². The molecule has 0 aromatic heterocycles. The van der Waals surface area contributed by atoms with Crippen LogP contribution in [0.1, 0.15) is 19.4 Å². The molecule has 0 spiro atoms. The number of rotatable bonds is 6. The van der Waals surface area contributed by atoms with Gasteiger partial charge in [0, 0.05) is 17.7 Å². The van der Waals surface area contributed by atoms with Crippen LogP contribution in [0, 0.1) is 15.9 Å². The summed E-state index contributed by atoms with van der Waals surface area (Å²) in [6.07, 6.45) is 0.360. The van der Waals surface area contributed by atoms with Gasteiger partial charge >= 0.3 is 0 Å². The molecule has 0 radical (unpaired) electrons. The van der Waals surface area contributed by atoms with Crippen molar-refractivity contribution in [2.45, 2.75) is 20.0 Å². The summed E-state index contributed by atoms with van der Waals surface area (Å²) in [5, 5.41) is 14.6. The first kappa shape index (κ1) is 23.3. The largest absolute Gasteiger partial charge is 0.270 e. The van der Waals surface area contributed by atoms with Crippen molar-refractivity contribution in [3.63, 3.8) is 0 Å². The number of benzene rings is 4. The highest BCUT2D eigenvalue weighted by molar-refractivity contribution is 7.95. The molecular formula is C27H26FNO2P+. The second kappa shape index (κ2) is 10.8. The van der Waals surface area contributed by atoms with Crippen molar-refractivity contribution in [1.82, 2.24) is 0 Å². The lowest BCUT2D eigenvalue weighted by atomic mass is 10.2. The number of non-ortho nitro benzene ring substituents is 1. The molecule has 3 nitrogen and oxygen atoms in total. The molecule has 0 aliphatic carbocycles. The molecule has 4 aromatic carbocycles. The average molecular weight is 446 g/mol. The zero-order valence-electron chi connectivity index (χ0n) is 18.2. The minimum absolute atomic E-state index is 0.0984. The van der Waals surface area contributed by atoms with Gasteiger partial charge in [0.15, 0.2) is 0 Å². The molecule has 5 heteroatoms. The van der Waals surface area contributed by atoms with E-state index in [0.717, 1.165) is 15.9 Å². The van der Waals surface area contributed by atoms with Gasteiger partial charge in [-0.1, -0.05) is 68.4 Å². The van der Waals surface area contributed by atoms with Gasteiger partial charge in [0.2, 0.25) is 0 Å². The molecule has 0 amide bonds. The molecular weight excluding hydrogens is 420 g/mol. The van der Waals surface area contributed by atoms with Crippen molar-refractivity contribution < 1.29 is 9.31 Å². The summed E-state index contributed by atoms with van der Waals surface area (Å²) in [6, 6.07) is 34.0. The van der Waals surface area contributed by atoms with E-state index >= 15 is 0 Å². The standard InChI is InChI=1S/C25H20FNO2P.C2H6/c26-25-17-16-21(27(28)29)18-20(25)19-30(22-10-4-1-5-11-22,23-12-6-2-7-13-23)24-14-8-3-9-15-24;1-2/h1-18H,19H2;1-2H3/q+1;. The summed E-state index contributed by atoms with van der Waals surface area (Å²) >= 11 is 0. The van der Waals surface area contributed by atoms with Gasteiger partial charge in [-0.25, -0.2) is 4.39 Å². The van der Waals surface area contributed by atoms with E-state index in [9.17, 15) is 14.5 Å². The Balaban J connectivity index is 0.00000141. The Hall–Kier alpha value is -3.36. The Morgan fingerprint density at radius 3 is 1.50 bits per heavy atom. The van der Waals surface area contributed by atoms with E-state index in [4.69, 9.17) is 0 Å². The van der Waals surface area contributed by atoms with Crippen molar-refractivity contribution in [1.29, 1.82) is 0 Å². The summed E-state index contributed by atoms with van der Waals surface area (Å²) in [5.74, 6) is -0.423. The lowest BCUT2D eigenvalue weighted by Crippen LogP contribution is -2.32. The fourth-order valence-corrected chi connectivity index (χ4v) is 8.06. The molecule has 0 aliphatic heterocycles. The first-order chi connectivity index (χ1) is 15.6. The van der Waals surface area contributed by atoms with Crippen LogP contribution in [-0.4, -0.2) is 4.92 Å². The first-order valence-electron chi connectivity index (χ1n) is 10.6. The molecule has 0 saturated carbocycles. The summed E-state index contributed by atoms with van der Waals surface area (Å²) in [7, 11) is -2.31. The molecule has 0 saturated heterocycles. The van der Waals surface area contributed by atoms with E-state index in [-0.39, 0.29) is 5.69 Å². The van der Waals surface area contributed by atoms with E-state index < -0.39 is 18.0 Å². The monoisotopic (exact) mass is 446 g/mol. The maximum Gasteiger partial charge on any atom is 0.270 e. The molecule has 4 rings (SSSR count). The quantitative estimate of drug-likeness (QED) is 0.199. The normalized spacial score (nSPS) is 10.7. The van der Waals surface area contributed by atoms with Gasteiger partial charge in [-0.05, 0) is 42.5 Å². The summed E-state index contributed by atoms with van der Waals surface area (Å²) in [4.78, 5) is 10.9. The Morgan fingerprint density at radius 1 is 0.719 bits per heavy atom. The SMILES string of the molecule is CC.O=[N+]([O-])c1ccc(F)c(C[P+](c2ccccc2)(c2ccccc2)c2ccccc2)c1. The molecule has 0 atom stereocenters. The summed E-state index contributed by atoms with van der Waals surface area (Å²) < 4.78 is 14.9. The molecule has 0 N–H and O–H groups in total. The van der Waals surface area contributed by atoms with E-state index in [1.165, 1.54) is 18.2 Å². The second-order valence-corrected chi connectivity index (χ2v) is 10.5. The molecule has 0 unspecified atom stereocenters. The van der Waals surface area contributed by atoms with Crippen LogP contribution in [0.15, 0.2) is 109 Å². The second-order valence-electron chi connectivity index (χ2n) is 7.01. The van der Waals surface area contributed by atoms with Crippen LogP contribution in [0.5, 0.6) is 0 Å². The van der Waals surface area contributed by atoms with E-state index in [1.807, 2.05) is 68.4 Å². The number of hydrogen-bond acceptors (Lipinski definition) is 2.